The fraction of sp³-hybridized carbons (Fsp3) is 0.500. The van der Waals surface area contributed by atoms with Crippen LogP contribution in [0.2, 0.25) is 0 Å². The molecular weight excluding hydrogens is 136 g/mol. The van der Waals surface area contributed by atoms with E-state index in [0.717, 1.165) is 6.92 Å². The normalized spacial score (nSPS) is 3.12. The van der Waals surface area contributed by atoms with Crippen LogP contribution < -0.4 is 34.7 Å². The van der Waals surface area contributed by atoms with Crippen LogP contribution in [0, 0.1) is 0 Å². The van der Waals surface area contributed by atoms with Crippen molar-refractivity contribution < 1.29 is 53.6 Å². The third-order valence-electron chi connectivity index (χ3n) is 0. The van der Waals surface area contributed by atoms with E-state index in [0.29, 0.717) is 0 Å². The fourth-order valence-corrected chi connectivity index (χ4v) is 0. The van der Waals surface area contributed by atoms with E-state index >= 15 is 0 Å². The second-order valence-electron chi connectivity index (χ2n) is 0.492. The minimum absolute atomic E-state index is 0. The molecule has 0 N–H and O–H groups in total. The van der Waals surface area contributed by atoms with Gasteiger partial charge in [-0.1, -0.05) is 0 Å². The molecule has 0 saturated heterocycles. The van der Waals surface area contributed by atoms with E-state index in [9.17, 15) is 0 Å². The van der Waals surface area contributed by atoms with E-state index in [1.807, 2.05) is 0 Å². The van der Waals surface area contributed by atoms with Gasteiger partial charge in [0.2, 0.25) is 0 Å². The second-order valence-corrected chi connectivity index (χ2v) is 0.492. The van der Waals surface area contributed by atoms with Gasteiger partial charge in [-0.15, -0.1) is 0 Å². The van der Waals surface area contributed by atoms with E-state index < -0.39 is 5.97 Å². The van der Waals surface area contributed by atoms with Crippen molar-refractivity contribution >= 4 is 5.97 Å². The number of carbonyl (C=O) groups excluding carboxylic acids is 1. The Morgan fingerprint density at radius 3 is 1.25 bits per heavy atom. The Labute approximate surface area is 66.7 Å². The first-order valence-electron chi connectivity index (χ1n) is 0.908. The average molecular weight is 142 g/mol. The maximum atomic E-state index is 8.89. The molecule has 0 aromatic heterocycles. The molecule has 0 fully saturated rings. The van der Waals surface area contributed by atoms with Crippen LogP contribution in [-0.2, 0) is 4.79 Å². The van der Waals surface area contributed by atoms with E-state index in [2.05, 4.69) is 0 Å². The quantitative estimate of drug-likeness (QED) is 0.325. The molecule has 0 aromatic carbocycles. The molecule has 0 spiro atoms. The summed E-state index contributed by atoms with van der Waals surface area (Å²) in [6.45, 7) is 0.972. The topological polar surface area (TPSA) is 40.1 Å². The molecule has 48 valence electrons. The van der Waals surface area contributed by atoms with Crippen molar-refractivity contribution in [2.24, 2.45) is 0 Å². The number of rotatable bonds is 0. The number of hydrogen-bond acceptors (Lipinski definition) is 2. The van der Waals surface area contributed by atoms with Crippen molar-refractivity contribution in [1.82, 2.24) is 0 Å². The summed E-state index contributed by atoms with van der Waals surface area (Å²) in [4.78, 5) is 8.89. The zero-order chi connectivity index (χ0) is 3.58. The van der Waals surface area contributed by atoms with Crippen LogP contribution >= 0.6 is 0 Å². The van der Waals surface area contributed by atoms with Gasteiger partial charge in [0, 0.05) is 5.97 Å². The largest absolute Gasteiger partial charge is 1.00 e. The Kier molecular flexibility index (Phi) is 137. The Morgan fingerprint density at radius 1 is 1.25 bits per heavy atom. The number of hydrogen-bond donors (Lipinski definition) is 0. The molecule has 0 rings (SSSR count). The van der Waals surface area contributed by atoms with Crippen LogP contribution in [0.1, 0.15) is 6.92 Å². The summed E-state index contributed by atoms with van der Waals surface area (Å²) in [6, 6.07) is 0. The van der Waals surface area contributed by atoms with Crippen molar-refractivity contribution in [3.63, 3.8) is 0 Å². The summed E-state index contributed by atoms with van der Waals surface area (Å²) < 4.78 is 0. The summed E-state index contributed by atoms with van der Waals surface area (Å²) in [5.41, 5.74) is 0. The predicted octanol–water partition coefficient (Wildman–Crippen LogP) is -3.78. The van der Waals surface area contributed by atoms with Gasteiger partial charge in [-0.25, -0.2) is 0 Å². The van der Waals surface area contributed by atoms with E-state index in [1.165, 1.54) is 0 Å². The number of aliphatic carboxylic acids is 1. The molecule has 0 heterocycles. The van der Waals surface area contributed by atoms with Gasteiger partial charge >= 0.3 is 29.6 Å². The van der Waals surface area contributed by atoms with Crippen molar-refractivity contribution in [3.8, 4) is 0 Å². The summed E-state index contributed by atoms with van der Waals surface area (Å²) >= 11 is 0. The summed E-state index contributed by atoms with van der Waals surface area (Å²) in [5.74, 6) is -1.08. The van der Waals surface area contributed by atoms with Gasteiger partial charge in [0.1, 0.15) is 0 Å². The number of halogens is 3. The average Bonchev–Trinajstić information content (AvgIpc) is 0.811. The first kappa shape index (κ1) is 41.0. The minimum atomic E-state index is -1.08. The van der Waals surface area contributed by atoms with Crippen LogP contribution in [-0.4, -0.2) is 5.97 Å². The van der Waals surface area contributed by atoms with Crippen LogP contribution in [0.5, 0.6) is 0 Å². The van der Waals surface area contributed by atoms with Gasteiger partial charge in [-0.3, -0.25) is 14.1 Å². The Morgan fingerprint density at radius 2 is 1.25 bits per heavy atom. The molecule has 2 nitrogen and oxygen atoms in total. The molecule has 0 radical (unpaired) electrons. The molecular formula is C2H6F3NaO2. The maximum absolute atomic E-state index is 8.89. The predicted molar refractivity (Wildman–Crippen MR) is 18.2 cm³/mol. The third-order valence-corrected chi connectivity index (χ3v) is 0. The molecule has 8 heavy (non-hydrogen) atoms. The summed E-state index contributed by atoms with van der Waals surface area (Å²) in [5, 5.41) is 8.89. The Hall–Kier alpha value is 0.260. The summed E-state index contributed by atoms with van der Waals surface area (Å²) in [7, 11) is 0. The van der Waals surface area contributed by atoms with Gasteiger partial charge in [-0.05, 0) is 6.92 Å². The van der Waals surface area contributed by atoms with Crippen LogP contribution in [0.3, 0.4) is 0 Å². The smallest absolute Gasteiger partial charge is 0.550 e. The van der Waals surface area contributed by atoms with Crippen molar-refractivity contribution in [1.29, 1.82) is 0 Å². The zero-order valence-electron chi connectivity index (χ0n) is 4.54. The molecule has 0 aliphatic heterocycles. The SMILES string of the molecule is CC(=O)[O-].F.F.F.[Na+]. The molecule has 0 aliphatic carbocycles. The maximum Gasteiger partial charge on any atom is 1.00 e. The Bertz CT molecular complexity index is 38.3. The van der Waals surface area contributed by atoms with Gasteiger partial charge < -0.3 is 9.90 Å². The first-order valence-corrected chi connectivity index (χ1v) is 0.908. The molecule has 6 heteroatoms. The fourth-order valence-electron chi connectivity index (χ4n) is 0. The van der Waals surface area contributed by atoms with E-state index in [4.69, 9.17) is 9.90 Å². The number of carbonyl (C=O) groups is 1. The van der Waals surface area contributed by atoms with Gasteiger partial charge in [0.15, 0.2) is 0 Å². The number of carboxylic acid groups (broad SMARTS) is 1. The second kappa shape index (κ2) is 26.8. The van der Waals surface area contributed by atoms with E-state index in [-0.39, 0.29) is 43.7 Å². The molecule has 0 bridgehead atoms. The zero-order valence-corrected chi connectivity index (χ0v) is 6.54. The van der Waals surface area contributed by atoms with Gasteiger partial charge in [0.25, 0.3) is 0 Å². The molecule has 0 aliphatic rings. The minimum Gasteiger partial charge on any atom is -0.550 e. The van der Waals surface area contributed by atoms with Crippen molar-refractivity contribution in [3.05, 3.63) is 0 Å². The van der Waals surface area contributed by atoms with Gasteiger partial charge in [0.05, 0.1) is 0 Å². The Balaban J connectivity index is -0.00000000750. The number of carboxylic acids is 1. The van der Waals surface area contributed by atoms with Crippen LogP contribution in [0.4, 0.5) is 14.1 Å². The van der Waals surface area contributed by atoms with Crippen LogP contribution in [0.25, 0.3) is 0 Å². The van der Waals surface area contributed by atoms with Crippen LogP contribution in [0.15, 0.2) is 0 Å². The van der Waals surface area contributed by atoms with Crippen molar-refractivity contribution in [2.75, 3.05) is 0 Å². The molecule has 0 atom stereocenters. The molecule has 0 unspecified atom stereocenters. The molecule has 0 aromatic rings. The standard InChI is InChI=1S/C2H4O2.3FH.Na/c1-2(3)4;;;;/h1H3,(H,3,4);3*1H;/q;;;;+1/p-1. The third kappa shape index (κ3) is 2560. The molecule has 0 amide bonds. The first-order chi connectivity index (χ1) is 1.73. The monoisotopic (exact) mass is 142 g/mol. The summed E-state index contributed by atoms with van der Waals surface area (Å²) in [6.07, 6.45) is 0. The van der Waals surface area contributed by atoms with Crippen molar-refractivity contribution in [2.45, 2.75) is 6.92 Å². The van der Waals surface area contributed by atoms with Gasteiger partial charge in [-0.2, -0.15) is 0 Å². The van der Waals surface area contributed by atoms with E-state index in [1.54, 1.807) is 0 Å². The molecule has 0 saturated carbocycles.